The maximum atomic E-state index is 11.7. The van der Waals surface area contributed by atoms with Crippen molar-refractivity contribution in [2.75, 3.05) is 12.3 Å². The fourth-order valence-corrected chi connectivity index (χ4v) is 2.61. The summed E-state index contributed by atoms with van der Waals surface area (Å²) in [4.78, 5) is 15.8. The van der Waals surface area contributed by atoms with Gasteiger partial charge in [0.05, 0.1) is 0 Å². The molecule has 1 aromatic heterocycles. The van der Waals surface area contributed by atoms with Crippen molar-refractivity contribution in [3.8, 4) is 11.1 Å². The highest BCUT2D eigenvalue weighted by Gasteiger charge is 2.17. The van der Waals surface area contributed by atoms with Crippen molar-refractivity contribution in [1.82, 2.24) is 10.3 Å². The van der Waals surface area contributed by atoms with Crippen LogP contribution >= 0.6 is 15.9 Å². The summed E-state index contributed by atoms with van der Waals surface area (Å²) in [5, 5.41) is 2.83. The molecule has 19 heavy (non-hydrogen) atoms. The van der Waals surface area contributed by atoms with Gasteiger partial charge in [-0.15, -0.1) is 0 Å². The van der Waals surface area contributed by atoms with Gasteiger partial charge in [0, 0.05) is 28.3 Å². The average Bonchev–Trinajstić information content (AvgIpc) is 2.41. The zero-order valence-electron chi connectivity index (χ0n) is 10.1. The Hall–Kier alpha value is -1.88. The molecule has 0 atom stereocenters. The van der Waals surface area contributed by atoms with Gasteiger partial charge in [-0.2, -0.15) is 0 Å². The summed E-state index contributed by atoms with van der Waals surface area (Å²) in [5.74, 6) is 0.483. The lowest BCUT2D eigenvalue weighted by molar-refractivity contribution is 0.0946. The van der Waals surface area contributed by atoms with E-state index in [1.165, 1.54) is 0 Å². The van der Waals surface area contributed by atoms with E-state index < -0.39 is 0 Å². The Morgan fingerprint density at radius 1 is 1.26 bits per heavy atom. The fourth-order valence-electron chi connectivity index (χ4n) is 2.28. The number of benzene rings is 1. The van der Waals surface area contributed by atoms with E-state index in [0.29, 0.717) is 12.4 Å². The molecule has 1 aromatic carbocycles. The molecule has 1 amide bonds. The number of amides is 1. The summed E-state index contributed by atoms with van der Waals surface area (Å²) in [6.07, 6.45) is 2.51. The number of hydrogen-bond donors (Lipinski definition) is 2. The topological polar surface area (TPSA) is 68.0 Å². The van der Waals surface area contributed by atoms with Gasteiger partial charge in [-0.3, -0.25) is 4.79 Å². The van der Waals surface area contributed by atoms with Gasteiger partial charge in [0.15, 0.2) is 0 Å². The van der Waals surface area contributed by atoms with Gasteiger partial charge in [-0.25, -0.2) is 4.98 Å². The van der Waals surface area contributed by atoms with Crippen molar-refractivity contribution in [3.63, 3.8) is 0 Å². The highest BCUT2D eigenvalue weighted by atomic mass is 79.9. The summed E-state index contributed by atoms with van der Waals surface area (Å²) in [7, 11) is 0. The first-order valence-electron chi connectivity index (χ1n) is 5.97. The first kappa shape index (κ1) is 12.2. The quantitative estimate of drug-likeness (QED) is 0.848. The predicted molar refractivity (Wildman–Crippen MR) is 77.8 cm³/mol. The fraction of sp³-hybridized carbons (Fsp3) is 0.143. The van der Waals surface area contributed by atoms with Crippen LogP contribution in [0.3, 0.4) is 0 Å². The van der Waals surface area contributed by atoms with Gasteiger partial charge in [-0.1, -0.05) is 12.1 Å². The van der Waals surface area contributed by atoms with Crippen molar-refractivity contribution in [1.29, 1.82) is 0 Å². The van der Waals surface area contributed by atoms with Crippen molar-refractivity contribution in [2.45, 2.75) is 6.42 Å². The van der Waals surface area contributed by atoms with Crippen LogP contribution < -0.4 is 11.1 Å². The number of rotatable bonds is 1. The van der Waals surface area contributed by atoms with E-state index in [1.54, 1.807) is 6.20 Å². The average molecular weight is 318 g/mol. The third kappa shape index (κ3) is 2.21. The maximum Gasteiger partial charge on any atom is 0.251 e. The Balaban J connectivity index is 2.11. The first-order chi connectivity index (χ1) is 9.15. The van der Waals surface area contributed by atoms with E-state index in [2.05, 4.69) is 26.2 Å². The molecule has 0 fully saturated rings. The lowest BCUT2D eigenvalue weighted by atomic mass is 9.95. The van der Waals surface area contributed by atoms with Crippen LogP contribution in [0.4, 0.5) is 5.82 Å². The van der Waals surface area contributed by atoms with Gasteiger partial charge in [0.25, 0.3) is 5.91 Å². The number of nitrogens with one attached hydrogen (secondary N) is 1. The van der Waals surface area contributed by atoms with Gasteiger partial charge >= 0.3 is 0 Å². The molecule has 0 spiro atoms. The van der Waals surface area contributed by atoms with Gasteiger partial charge < -0.3 is 11.1 Å². The largest absolute Gasteiger partial charge is 0.383 e. The molecule has 4 nitrogen and oxygen atoms in total. The van der Waals surface area contributed by atoms with Crippen LogP contribution in [0.5, 0.6) is 0 Å². The molecule has 1 aliphatic heterocycles. The molecule has 3 N–H and O–H groups in total. The van der Waals surface area contributed by atoms with Crippen molar-refractivity contribution >= 4 is 27.7 Å². The molecule has 0 radical (unpaired) electrons. The molecular weight excluding hydrogens is 306 g/mol. The first-order valence-corrected chi connectivity index (χ1v) is 6.77. The third-order valence-electron chi connectivity index (χ3n) is 3.23. The van der Waals surface area contributed by atoms with E-state index in [0.717, 1.165) is 33.1 Å². The van der Waals surface area contributed by atoms with Crippen LogP contribution in [0, 0.1) is 0 Å². The van der Waals surface area contributed by atoms with Crippen molar-refractivity contribution in [3.05, 3.63) is 46.1 Å². The summed E-state index contributed by atoms with van der Waals surface area (Å²) < 4.78 is 0.882. The Morgan fingerprint density at radius 2 is 2.11 bits per heavy atom. The smallest absolute Gasteiger partial charge is 0.251 e. The van der Waals surface area contributed by atoms with Crippen molar-refractivity contribution < 1.29 is 4.79 Å². The van der Waals surface area contributed by atoms with Crippen molar-refractivity contribution in [2.24, 2.45) is 0 Å². The molecule has 0 unspecified atom stereocenters. The third-order valence-corrected chi connectivity index (χ3v) is 3.66. The molecule has 1 aliphatic rings. The Morgan fingerprint density at radius 3 is 2.95 bits per heavy atom. The minimum absolute atomic E-state index is 0.00635. The summed E-state index contributed by atoms with van der Waals surface area (Å²) in [5.41, 5.74) is 9.58. The number of hydrogen-bond acceptors (Lipinski definition) is 3. The maximum absolute atomic E-state index is 11.7. The van der Waals surface area contributed by atoms with Crippen LogP contribution in [-0.2, 0) is 6.42 Å². The summed E-state index contributed by atoms with van der Waals surface area (Å²) in [6, 6.07) is 7.71. The zero-order valence-corrected chi connectivity index (χ0v) is 11.7. The molecular formula is C14H12BrN3O. The molecule has 0 saturated carbocycles. The lowest BCUT2D eigenvalue weighted by Gasteiger charge is -2.17. The van der Waals surface area contributed by atoms with Crippen LogP contribution in [0.25, 0.3) is 11.1 Å². The number of halogens is 1. The number of fused-ring (bicyclic) bond motifs is 1. The summed E-state index contributed by atoms with van der Waals surface area (Å²) in [6.45, 7) is 0.682. The van der Waals surface area contributed by atoms with Crippen LogP contribution in [0.1, 0.15) is 15.9 Å². The Bertz CT molecular complexity index is 670. The minimum Gasteiger partial charge on any atom is -0.383 e. The Labute approximate surface area is 119 Å². The van der Waals surface area contributed by atoms with E-state index in [4.69, 9.17) is 5.73 Å². The van der Waals surface area contributed by atoms with Crippen LogP contribution in [0.15, 0.2) is 34.9 Å². The second-order valence-corrected chi connectivity index (χ2v) is 5.38. The number of aromatic nitrogens is 1. The van der Waals surface area contributed by atoms with Crippen LogP contribution in [0.2, 0.25) is 0 Å². The van der Waals surface area contributed by atoms with E-state index in [1.807, 2.05) is 24.3 Å². The van der Waals surface area contributed by atoms with Gasteiger partial charge in [0.2, 0.25) is 0 Å². The number of nitrogens with two attached hydrogens (primary N) is 1. The molecule has 0 saturated heterocycles. The SMILES string of the molecule is Nc1ncc(Br)cc1-c1ccc2c(c1)CCNC2=O. The number of nitrogens with zero attached hydrogens (tertiary/aromatic N) is 1. The number of nitrogen functional groups attached to an aromatic ring is 1. The highest BCUT2D eigenvalue weighted by molar-refractivity contribution is 9.10. The van der Waals surface area contributed by atoms with E-state index >= 15 is 0 Å². The van der Waals surface area contributed by atoms with Crippen LogP contribution in [-0.4, -0.2) is 17.4 Å². The monoisotopic (exact) mass is 317 g/mol. The molecule has 2 heterocycles. The molecule has 3 rings (SSSR count). The second-order valence-electron chi connectivity index (χ2n) is 4.46. The molecule has 5 heteroatoms. The normalized spacial score (nSPS) is 13.8. The number of anilines is 1. The van der Waals surface area contributed by atoms with E-state index in [9.17, 15) is 4.79 Å². The second kappa shape index (κ2) is 4.66. The zero-order chi connectivity index (χ0) is 13.4. The van der Waals surface area contributed by atoms with Gasteiger partial charge in [0.1, 0.15) is 5.82 Å². The number of carbonyl (C=O) groups is 1. The van der Waals surface area contributed by atoms with Gasteiger partial charge in [-0.05, 0) is 45.6 Å². The lowest BCUT2D eigenvalue weighted by Crippen LogP contribution is -2.31. The Kier molecular flexibility index (Phi) is 2.98. The molecule has 2 aromatic rings. The highest BCUT2D eigenvalue weighted by Crippen LogP contribution is 2.29. The summed E-state index contributed by atoms with van der Waals surface area (Å²) >= 11 is 3.40. The number of carbonyl (C=O) groups excluding carboxylic acids is 1. The number of pyridine rings is 1. The van der Waals surface area contributed by atoms with E-state index in [-0.39, 0.29) is 5.91 Å². The minimum atomic E-state index is -0.00635. The predicted octanol–water partition coefficient (Wildman–Crippen LogP) is 2.38. The standard InChI is InChI=1S/C14H12BrN3O/c15-10-6-12(13(16)18-7-10)8-1-2-11-9(5-8)3-4-17-14(11)19/h1-2,5-7H,3-4H2,(H2,16,18)(H,17,19). The molecule has 96 valence electrons. The molecule has 0 aliphatic carbocycles. The molecule has 0 bridgehead atoms.